The molecule has 0 aliphatic carbocycles. The fourth-order valence-corrected chi connectivity index (χ4v) is 5.62. The van der Waals surface area contributed by atoms with Gasteiger partial charge in [0.15, 0.2) is 0 Å². The van der Waals surface area contributed by atoms with Crippen molar-refractivity contribution < 1.29 is 9.47 Å². The summed E-state index contributed by atoms with van der Waals surface area (Å²) in [5, 5.41) is 0. The highest BCUT2D eigenvalue weighted by Gasteiger charge is 2.05. The molecule has 0 spiro atoms. The van der Waals surface area contributed by atoms with E-state index in [1.54, 1.807) is 0 Å². The normalized spacial score (nSPS) is 12.1. The molecule has 2 nitrogen and oxygen atoms in total. The van der Waals surface area contributed by atoms with Crippen LogP contribution in [0, 0.1) is 0 Å². The first-order valence-electron chi connectivity index (χ1n) is 19.8. The van der Waals surface area contributed by atoms with E-state index in [1.807, 2.05) is 0 Å². The Morgan fingerprint density at radius 2 is 0.848 bits per heavy atom. The predicted molar refractivity (Wildman–Crippen MR) is 206 cm³/mol. The third-order valence-corrected chi connectivity index (χ3v) is 8.63. The Balaban J connectivity index is 1.99. The zero-order valence-corrected chi connectivity index (χ0v) is 30.8. The van der Waals surface area contributed by atoms with Crippen molar-refractivity contribution >= 4 is 0 Å². The van der Waals surface area contributed by atoms with E-state index in [0.29, 0.717) is 0 Å². The number of ether oxygens (including phenoxy) is 2. The van der Waals surface area contributed by atoms with Gasteiger partial charge in [-0.2, -0.15) is 0 Å². The van der Waals surface area contributed by atoms with Gasteiger partial charge in [-0.25, -0.2) is 0 Å². The van der Waals surface area contributed by atoms with E-state index in [1.165, 1.54) is 134 Å². The minimum absolute atomic E-state index is 0.810. The zero-order chi connectivity index (χ0) is 33.0. The molecule has 0 bridgehead atoms. The van der Waals surface area contributed by atoms with Crippen LogP contribution in [0.4, 0.5) is 0 Å². The smallest absolute Gasteiger partial charge is 0.122 e. The third-order valence-electron chi connectivity index (χ3n) is 8.63. The Hall–Kier alpha value is -2.22. The highest BCUT2D eigenvalue weighted by molar-refractivity contribution is 5.40. The lowest BCUT2D eigenvalue weighted by molar-refractivity contribution is 0.294. The van der Waals surface area contributed by atoms with Crippen LogP contribution >= 0.6 is 0 Å². The molecule has 0 aliphatic rings. The van der Waals surface area contributed by atoms with E-state index in [9.17, 15) is 0 Å². The maximum Gasteiger partial charge on any atom is 0.122 e. The lowest BCUT2D eigenvalue weighted by Crippen LogP contribution is -2.02. The van der Waals surface area contributed by atoms with Crippen LogP contribution in [0.15, 0.2) is 66.8 Å². The monoisotopic (exact) mass is 635 g/mol. The van der Waals surface area contributed by atoms with Crippen LogP contribution in [0.5, 0.6) is 11.5 Å². The summed E-state index contributed by atoms with van der Waals surface area (Å²) in [5.74, 6) is 2.02. The van der Waals surface area contributed by atoms with Gasteiger partial charge in [0.25, 0.3) is 0 Å². The van der Waals surface area contributed by atoms with E-state index in [2.05, 4.69) is 87.6 Å². The van der Waals surface area contributed by atoms with Crippen LogP contribution in [0.1, 0.15) is 180 Å². The van der Waals surface area contributed by atoms with Crippen molar-refractivity contribution in [3.05, 3.63) is 72.4 Å². The number of aryl methyl sites for hydroxylation is 1. The molecule has 262 valence electrons. The number of allylic oxidation sites excluding steroid dienone is 8. The highest BCUT2D eigenvalue weighted by atomic mass is 16.5. The highest BCUT2D eigenvalue weighted by Crippen LogP contribution is 2.25. The number of benzene rings is 1. The van der Waals surface area contributed by atoms with Gasteiger partial charge in [0, 0.05) is 0 Å². The molecule has 0 atom stereocenters. The van der Waals surface area contributed by atoms with Gasteiger partial charge < -0.3 is 9.47 Å². The summed E-state index contributed by atoms with van der Waals surface area (Å²) < 4.78 is 12.2. The number of rotatable bonds is 33. The van der Waals surface area contributed by atoms with E-state index in [4.69, 9.17) is 9.47 Å². The fourth-order valence-electron chi connectivity index (χ4n) is 5.62. The number of unbranched alkanes of at least 4 members (excludes halogenated alkanes) is 18. The van der Waals surface area contributed by atoms with Gasteiger partial charge in [0.05, 0.1) is 13.2 Å². The molecular weight excluding hydrogens is 560 g/mol. The molecule has 0 amide bonds. The van der Waals surface area contributed by atoms with Crippen LogP contribution in [0.3, 0.4) is 0 Å². The Morgan fingerprint density at radius 1 is 0.435 bits per heavy atom. The molecule has 0 heterocycles. The summed E-state index contributed by atoms with van der Waals surface area (Å²) >= 11 is 0. The van der Waals surface area contributed by atoms with E-state index in [0.717, 1.165) is 56.8 Å². The first kappa shape index (κ1) is 41.8. The van der Waals surface area contributed by atoms with Crippen LogP contribution in [0.2, 0.25) is 0 Å². The molecule has 1 aromatic rings. The third kappa shape index (κ3) is 26.9. The van der Waals surface area contributed by atoms with Crippen LogP contribution in [-0.4, -0.2) is 13.2 Å². The minimum Gasteiger partial charge on any atom is -0.494 e. The Morgan fingerprint density at radius 3 is 1.30 bits per heavy atom. The van der Waals surface area contributed by atoms with Crippen molar-refractivity contribution in [3.8, 4) is 11.5 Å². The van der Waals surface area contributed by atoms with Crippen molar-refractivity contribution in [3.63, 3.8) is 0 Å². The van der Waals surface area contributed by atoms with Crippen molar-refractivity contribution in [2.75, 3.05) is 13.2 Å². The van der Waals surface area contributed by atoms with Crippen LogP contribution in [-0.2, 0) is 6.42 Å². The molecule has 0 unspecified atom stereocenters. The van der Waals surface area contributed by atoms with Crippen LogP contribution < -0.4 is 9.47 Å². The molecular formula is C44H74O2. The largest absolute Gasteiger partial charge is 0.494 e. The fraction of sp³-hybridized carbons (Fsp3) is 0.682. The van der Waals surface area contributed by atoms with Gasteiger partial charge in [-0.05, 0) is 107 Å². The maximum atomic E-state index is 6.16. The summed E-state index contributed by atoms with van der Waals surface area (Å²) in [6.07, 6.45) is 50.2. The first-order chi connectivity index (χ1) is 22.8. The van der Waals surface area contributed by atoms with Crippen molar-refractivity contribution in [2.24, 2.45) is 0 Å². The van der Waals surface area contributed by atoms with Crippen molar-refractivity contribution in [2.45, 2.75) is 181 Å². The summed E-state index contributed by atoms with van der Waals surface area (Å²) in [5.41, 5.74) is 1.26. The van der Waals surface area contributed by atoms with Crippen LogP contribution in [0.25, 0.3) is 0 Å². The SMILES string of the molecule is CCCCC/C=C\C/C=C\CCCCCCCCOc1ccc(OCCCCCCCC/C=C\C/C=C\CCCCC)c(CC)c1. The molecule has 0 radical (unpaired) electrons. The van der Waals surface area contributed by atoms with Gasteiger partial charge in [0.1, 0.15) is 11.5 Å². The summed E-state index contributed by atoms with van der Waals surface area (Å²) in [6, 6.07) is 6.38. The van der Waals surface area contributed by atoms with Gasteiger partial charge in [-0.15, -0.1) is 0 Å². The standard InChI is InChI=1S/C44H74O2/c1-4-7-9-11-13-15-17-19-21-23-25-27-29-31-33-35-39-45-43-37-38-44(42(6-3)41-43)46-40-36-34-32-30-28-26-24-22-20-18-16-14-12-10-8-5-2/h13-16,19-22,37-38,41H,4-12,17-18,23-36,39-40H2,1-3H3/b15-13-,16-14-,21-19-,22-20-. The molecule has 0 N–H and O–H groups in total. The Kier molecular flexibility index (Phi) is 31.0. The molecule has 0 saturated heterocycles. The molecule has 1 aromatic carbocycles. The Labute approximate surface area is 287 Å². The first-order valence-corrected chi connectivity index (χ1v) is 19.8. The summed E-state index contributed by atoms with van der Waals surface area (Å²) in [7, 11) is 0. The predicted octanol–water partition coefficient (Wildman–Crippen LogP) is 14.6. The summed E-state index contributed by atoms with van der Waals surface area (Å²) in [6.45, 7) is 8.35. The van der Waals surface area contributed by atoms with E-state index >= 15 is 0 Å². The lowest BCUT2D eigenvalue weighted by Gasteiger charge is -2.13. The average Bonchev–Trinajstić information content (AvgIpc) is 3.07. The second kappa shape index (κ2) is 34.1. The summed E-state index contributed by atoms with van der Waals surface area (Å²) in [4.78, 5) is 0. The molecule has 2 heteroatoms. The second-order valence-electron chi connectivity index (χ2n) is 13.0. The lowest BCUT2D eigenvalue weighted by atomic mass is 10.1. The average molecular weight is 635 g/mol. The molecule has 46 heavy (non-hydrogen) atoms. The van der Waals surface area contributed by atoms with Gasteiger partial charge in [0.2, 0.25) is 0 Å². The van der Waals surface area contributed by atoms with E-state index < -0.39 is 0 Å². The number of hydrogen-bond donors (Lipinski definition) is 0. The van der Waals surface area contributed by atoms with Crippen molar-refractivity contribution in [1.29, 1.82) is 0 Å². The minimum atomic E-state index is 0.810. The van der Waals surface area contributed by atoms with E-state index in [-0.39, 0.29) is 0 Å². The molecule has 0 aromatic heterocycles. The Bertz CT molecular complexity index is 893. The van der Waals surface area contributed by atoms with Gasteiger partial charge in [-0.3, -0.25) is 0 Å². The quantitative estimate of drug-likeness (QED) is 0.0566. The van der Waals surface area contributed by atoms with Gasteiger partial charge >= 0.3 is 0 Å². The van der Waals surface area contributed by atoms with Gasteiger partial charge in [-0.1, -0.05) is 146 Å². The topological polar surface area (TPSA) is 18.5 Å². The zero-order valence-electron chi connectivity index (χ0n) is 30.8. The molecule has 0 fully saturated rings. The second-order valence-corrected chi connectivity index (χ2v) is 13.0. The maximum absolute atomic E-state index is 6.16. The number of hydrogen-bond acceptors (Lipinski definition) is 2. The molecule has 0 saturated carbocycles. The molecule has 0 aliphatic heterocycles. The molecule has 1 rings (SSSR count). The van der Waals surface area contributed by atoms with Crippen molar-refractivity contribution in [1.82, 2.24) is 0 Å².